The van der Waals surface area contributed by atoms with Gasteiger partial charge in [0.25, 0.3) is 5.91 Å². The second-order valence-electron chi connectivity index (χ2n) is 6.62. The second-order valence-corrected chi connectivity index (χ2v) is 7.54. The maximum Gasteiger partial charge on any atom is 0.271 e. The topological polar surface area (TPSA) is 78.4 Å². The molecule has 0 atom stereocenters. The van der Waals surface area contributed by atoms with Crippen LogP contribution in [0.5, 0.6) is 23.0 Å². The number of nitrogens with one attached hydrogen (secondary N) is 1. The first-order valence-electron chi connectivity index (χ1n) is 9.64. The van der Waals surface area contributed by atoms with Crippen molar-refractivity contribution in [3.63, 3.8) is 0 Å². The Morgan fingerprint density at radius 3 is 2.34 bits per heavy atom. The number of ether oxygens (including phenoxy) is 4. The van der Waals surface area contributed by atoms with Crippen molar-refractivity contribution in [2.75, 3.05) is 21.3 Å². The summed E-state index contributed by atoms with van der Waals surface area (Å²) in [6.07, 6.45) is 1.53. The van der Waals surface area contributed by atoms with Crippen molar-refractivity contribution in [1.29, 1.82) is 0 Å². The highest BCUT2D eigenvalue weighted by molar-refractivity contribution is 9.10. The number of rotatable bonds is 9. The monoisotopic (exact) mass is 498 g/mol. The van der Waals surface area contributed by atoms with Crippen LogP contribution in [0.25, 0.3) is 0 Å². The van der Waals surface area contributed by atoms with Crippen molar-refractivity contribution >= 4 is 28.1 Å². The van der Waals surface area contributed by atoms with Crippen molar-refractivity contribution < 1.29 is 23.7 Å². The van der Waals surface area contributed by atoms with E-state index in [1.807, 2.05) is 42.5 Å². The molecule has 0 spiro atoms. The van der Waals surface area contributed by atoms with Crippen LogP contribution in [0.15, 0.2) is 70.2 Å². The van der Waals surface area contributed by atoms with Gasteiger partial charge in [-0.25, -0.2) is 5.43 Å². The Hall–Kier alpha value is -3.52. The van der Waals surface area contributed by atoms with Gasteiger partial charge in [0, 0.05) is 21.7 Å². The van der Waals surface area contributed by atoms with Crippen molar-refractivity contribution in [2.45, 2.75) is 6.61 Å². The molecule has 0 aliphatic heterocycles. The van der Waals surface area contributed by atoms with Crippen molar-refractivity contribution in [1.82, 2.24) is 5.43 Å². The number of carbonyl (C=O) groups excluding carboxylic acids is 1. The molecule has 3 rings (SSSR count). The average molecular weight is 499 g/mol. The summed E-state index contributed by atoms with van der Waals surface area (Å²) in [6.45, 7) is 0.357. The normalized spacial score (nSPS) is 10.6. The Labute approximate surface area is 195 Å². The Morgan fingerprint density at radius 1 is 0.938 bits per heavy atom. The zero-order valence-corrected chi connectivity index (χ0v) is 19.5. The largest absolute Gasteiger partial charge is 0.497 e. The third-order valence-corrected chi connectivity index (χ3v) is 4.98. The molecule has 1 amide bonds. The van der Waals surface area contributed by atoms with E-state index < -0.39 is 5.91 Å². The maximum absolute atomic E-state index is 12.5. The van der Waals surface area contributed by atoms with Gasteiger partial charge < -0.3 is 18.9 Å². The lowest BCUT2D eigenvalue weighted by molar-refractivity contribution is 0.0954. The van der Waals surface area contributed by atoms with E-state index in [9.17, 15) is 4.79 Å². The lowest BCUT2D eigenvalue weighted by Gasteiger charge is -2.11. The quantitative estimate of drug-likeness (QED) is 0.338. The van der Waals surface area contributed by atoms with Gasteiger partial charge >= 0.3 is 0 Å². The predicted molar refractivity (Wildman–Crippen MR) is 126 cm³/mol. The molecular weight excluding hydrogens is 476 g/mol. The molecule has 0 fully saturated rings. The fraction of sp³-hybridized carbons (Fsp3) is 0.167. The highest BCUT2D eigenvalue weighted by atomic mass is 79.9. The summed E-state index contributed by atoms with van der Waals surface area (Å²) in [5.74, 6) is 2.02. The maximum atomic E-state index is 12.5. The molecule has 0 aromatic heterocycles. The minimum absolute atomic E-state index is 0.357. The standard InChI is InChI=1S/C24H23BrN2O5/c1-29-20-6-4-5-16(9-20)15-32-23-8-7-19(25)10-18(23)14-26-27-24(28)17-11-21(30-2)13-22(12-17)31-3/h4-14H,15H2,1-3H3,(H,27,28)/b26-14-. The highest BCUT2D eigenvalue weighted by Crippen LogP contribution is 2.24. The van der Waals surface area contributed by atoms with Crippen LogP contribution in [0.2, 0.25) is 0 Å². The minimum atomic E-state index is -0.396. The predicted octanol–water partition coefficient (Wildman–Crippen LogP) is 4.82. The SMILES string of the molecule is COc1cccc(COc2ccc(Br)cc2/C=N\NC(=O)c2cc(OC)cc(OC)c2)c1. The van der Waals surface area contributed by atoms with Crippen molar-refractivity contribution in [3.8, 4) is 23.0 Å². The van der Waals surface area contributed by atoms with Crippen LogP contribution in [-0.2, 0) is 6.61 Å². The zero-order chi connectivity index (χ0) is 22.9. The first kappa shape index (κ1) is 23.1. The Balaban J connectivity index is 1.71. The van der Waals surface area contributed by atoms with Crippen LogP contribution in [0, 0.1) is 0 Å². The van der Waals surface area contributed by atoms with Gasteiger partial charge in [-0.3, -0.25) is 4.79 Å². The van der Waals surface area contributed by atoms with E-state index in [0.717, 1.165) is 15.8 Å². The fourth-order valence-electron chi connectivity index (χ4n) is 2.84. The van der Waals surface area contributed by atoms with Crippen LogP contribution in [-0.4, -0.2) is 33.5 Å². The van der Waals surface area contributed by atoms with Crippen LogP contribution < -0.4 is 24.4 Å². The summed E-state index contributed by atoms with van der Waals surface area (Å²) < 4.78 is 22.5. The molecule has 0 saturated heterocycles. The lowest BCUT2D eigenvalue weighted by Crippen LogP contribution is -2.17. The van der Waals surface area contributed by atoms with Gasteiger partial charge in [-0.15, -0.1) is 0 Å². The van der Waals surface area contributed by atoms with E-state index in [0.29, 0.717) is 35.0 Å². The number of nitrogens with zero attached hydrogens (tertiary/aromatic N) is 1. The first-order chi connectivity index (χ1) is 15.5. The molecule has 0 saturated carbocycles. The molecule has 0 aliphatic rings. The first-order valence-corrected chi connectivity index (χ1v) is 10.4. The summed E-state index contributed by atoms with van der Waals surface area (Å²) in [5.41, 5.74) is 4.55. The van der Waals surface area contributed by atoms with Gasteiger partial charge in [0.2, 0.25) is 0 Å². The molecule has 3 aromatic rings. The number of hydrogen-bond acceptors (Lipinski definition) is 6. The Bertz CT molecular complexity index is 1100. The van der Waals surface area contributed by atoms with Crippen LogP contribution in [0.1, 0.15) is 21.5 Å². The molecule has 3 aromatic carbocycles. The molecule has 166 valence electrons. The van der Waals surface area contributed by atoms with E-state index in [4.69, 9.17) is 18.9 Å². The highest BCUT2D eigenvalue weighted by Gasteiger charge is 2.10. The number of hydrogen-bond donors (Lipinski definition) is 1. The molecule has 0 radical (unpaired) electrons. The van der Waals surface area contributed by atoms with Crippen molar-refractivity contribution in [2.24, 2.45) is 5.10 Å². The molecule has 0 heterocycles. The van der Waals surface area contributed by atoms with Crippen LogP contribution in [0.3, 0.4) is 0 Å². The summed E-state index contributed by atoms with van der Waals surface area (Å²) in [6, 6.07) is 18.1. The van der Waals surface area contributed by atoms with E-state index in [1.165, 1.54) is 20.4 Å². The average Bonchev–Trinajstić information content (AvgIpc) is 2.83. The number of halogens is 1. The van der Waals surface area contributed by atoms with Crippen molar-refractivity contribution in [3.05, 3.63) is 81.8 Å². The summed E-state index contributed by atoms with van der Waals surface area (Å²) >= 11 is 3.45. The number of hydrazone groups is 1. The number of benzene rings is 3. The molecule has 0 bridgehead atoms. The van der Waals surface area contributed by atoms with Crippen LogP contribution in [0.4, 0.5) is 0 Å². The van der Waals surface area contributed by atoms with Gasteiger partial charge in [-0.1, -0.05) is 28.1 Å². The lowest BCUT2D eigenvalue weighted by atomic mass is 10.2. The van der Waals surface area contributed by atoms with E-state index in [2.05, 4.69) is 26.5 Å². The van der Waals surface area contributed by atoms with E-state index in [1.54, 1.807) is 25.3 Å². The van der Waals surface area contributed by atoms with Crippen LogP contribution >= 0.6 is 15.9 Å². The smallest absolute Gasteiger partial charge is 0.271 e. The van der Waals surface area contributed by atoms with Gasteiger partial charge in [0.15, 0.2) is 0 Å². The Kier molecular flexibility index (Phi) is 8.10. The fourth-order valence-corrected chi connectivity index (χ4v) is 3.22. The molecule has 0 aliphatic carbocycles. The summed E-state index contributed by atoms with van der Waals surface area (Å²) in [4.78, 5) is 12.5. The molecule has 8 heteroatoms. The molecular formula is C24H23BrN2O5. The van der Waals surface area contributed by atoms with Gasteiger partial charge in [0.05, 0.1) is 27.5 Å². The number of methoxy groups -OCH3 is 3. The molecule has 0 unspecified atom stereocenters. The van der Waals surface area contributed by atoms with Gasteiger partial charge in [-0.05, 0) is 48.0 Å². The Morgan fingerprint density at radius 2 is 1.66 bits per heavy atom. The molecule has 32 heavy (non-hydrogen) atoms. The number of carbonyl (C=O) groups is 1. The van der Waals surface area contributed by atoms with Gasteiger partial charge in [0.1, 0.15) is 29.6 Å². The third-order valence-electron chi connectivity index (χ3n) is 4.48. The van der Waals surface area contributed by atoms with E-state index in [-0.39, 0.29) is 0 Å². The third kappa shape index (κ3) is 6.24. The number of amides is 1. The second kappa shape index (κ2) is 11.2. The zero-order valence-electron chi connectivity index (χ0n) is 17.9. The summed E-state index contributed by atoms with van der Waals surface area (Å²) in [5, 5.41) is 4.09. The summed E-state index contributed by atoms with van der Waals surface area (Å²) in [7, 11) is 4.67. The molecule has 1 N–H and O–H groups in total. The minimum Gasteiger partial charge on any atom is -0.497 e. The molecule has 7 nitrogen and oxygen atoms in total. The van der Waals surface area contributed by atoms with E-state index >= 15 is 0 Å². The van der Waals surface area contributed by atoms with Gasteiger partial charge in [-0.2, -0.15) is 5.10 Å².